The summed E-state index contributed by atoms with van der Waals surface area (Å²) in [6, 6.07) is 15.1. The van der Waals surface area contributed by atoms with Crippen molar-refractivity contribution in [2.75, 3.05) is 20.6 Å². The van der Waals surface area contributed by atoms with E-state index in [1.54, 1.807) is 12.1 Å². The Labute approximate surface area is 202 Å². The van der Waals surface area contributed by atoms with Gasteiger partial charge in [0, 0.05) is 17.6 Å². The molecular formula is C28H36ClFN2O. The Hall–Kier alpha value is -1.91. The Morgan fingerprint density at radius 1 is 1.03 bits per heavy atom. The molecule has 2 aliphatic rings. The van der Waals surface area contributed by atoms with Crippen molar-refractivity contribution in [3.8, 4) is 0 Å². The third kappa shape index (κ3) is 5.44. The van der Waals surface area contributed by atoms with Gasteiger partial charge in [-0.15, -0.1) is 0 Å². The monoisotopic (exact) mass is 470 g/mol. The predicted octanol–water partition coefficient (Wildman–Crippen LogP) is 6.52. The average molecular weight is 471 g/mol. The second kappa shape index (κ2) is 10.6. The fraction of sp³-hybridized carbons (Fsp3) is 0.536. The maximum Gasteiger partial charge on any atom is 0.230 e. The van der Waals surface area contributed by atoms with Crippen molar-refractivity contribution in [1.82, 2.24) is 10.2 Å². The third-order valence-corrected chi connectivity index (χ3v) is 8.20. The first-order chi connectivity index (χ1) is 15.9. The molecule has 1 N–H and O–H groups in total. The van der Waals surface area contributed by atoms with Crippen LogP contribution in [0, 0.1) is 17.7 Å². The molecule has 0 radical (unpaired) electrons. The van der Waals surface area contributed by atoms with Crippen molar-refractivity contribution in [2.45, 2.75) is 62.8 Å². The molecule has 1 amide bonds. The Morgan fingerprint density at radius 3 is 2.21 bits per heavy atom. The minimum Gasteiger partial charge on any atom is -0.355 e. The number of carbonyl (C=O) groups is 1. The quantitative estimate of drug-likeness (QED) is 0.499. The van der Waals surface area contributed by atoms with Crippen molar-refractivity contribution in [2.24, 2.45) is 11.8 Å². The number of nitrogens with one attached hydrogen (secondary N) is 1. The number of hydrogen-bond acceptors (Lipinski definition) is 2. The van der Waals surface area contributed by atoms with Gasteiger partial charge in [-0.05, 0) is 99.8 Å². The first-order valence-electron chi connectivity index (χ1n) is 12.4. The van der Waals surface area contributed by atoms with Crippen molar-refractivity contribution < 1.29 is 9.18 Å². The summed E-state index contributed by atoms with van der Waals surface area (Å²) in [5.41, 5.74) is 1.88. The second-order valence-corrected chi connectivity index (χ2v) is 10.7. The lowest BCUT2D eigenvalue weighted by molar-refractivity contribution is -0.126. The van der Waals surface area contributed by atoms with E-state index in [-0.39, 0.29) is 11.7 Å². The van der Waals surface area contributed by atoms with Crippen LogP contribution in [0.1, 0.15) is 68.5 Å². The Kier molecular flexibility index (Phi) is 7.76. The van der Waals surface area contributed by atoms with Gasteiger partial charge in [0.25, 0.3) is 0 Å². The van der Waals surface area contributed by atoms with E-state index in [0.29, 0.717) is 22.9 Å². The van der Waals surface area contributed by atoms with E-state index in [1.807, 2.05) is 36.4 Å². The maximum absolute atomic E-state index is 13.4. The molecule has 0 aliphatic heterocycles. The molecule has 0 bridgehead atoms. The number of halogens is 2. The van der Waals surface area contributed by atoms with Crippen LogP contribution in [0.25, 0.3) is 0 Å². The van der Waals surface area contributed by atoms with Gasteiger partial charge >= 0.3 is 0 Å². The van der Waals surface area contributed by atoms with Gasteiger partial charge < -0.3 is 10.2 Å². The van der Waals surface area contributed by atoms with Crippen molar-refractivity contribution in [1.29, 1.82) is 0 Å². The summed E-state index contributed by atoms with van der Waals surface area (Å²) < 4.78 is 13.4. The third-order valence-electron chi connectivity index (χ3n) is 7.95. The highest BCUT2D eigenvalue weighted by atomic mass is 35.5. The van der Waals surface area contributed by atoms with Crippen LogP contribution in [0.4, 0.5) is 4.39 Å². The van der Waals surface area contributed by atoms with Crippen LogP contribution in [0.2, 0.25) is 5.02 Å². The number of rotatable bonds is 7. The second-order valence-electron chi connectivity index (χ2n) is 10.2. The van der Waals surface area contributed by atoms with Crippen molar-refractivity contribution >= 4 is 17.5 Å². The highest BCUT2D eigenvalue weighted by Gasteiger charge is 2.42. The van der Waals surface area contributed by atoms with E-state index < -0.39 is 5.41 Å². The summed E-state index contributed by atoms with van der Waals surface area (Å²) in [6.07, 6.45) is 8.50. The number of hydrogen-bond donors (Lipinski definition) is 1. The summed E-state index contributed by atoms with van der Waals surface area (Å²) in [4.78, 5) is 15.6. The van der Waals surface area contributed by atoms with Crippen molar-refractivity contribution in [3.63, 3.8) is 0 Å². The van der Waals surface area contributed by atoms with E-state index in [4.69, 9.17) is 11.6 Å². The predicted molar refractivity (Wildman–Crippen MR) is 133 cm³/mol. The van der Waals surface area contributed by atoms with Crippen LogP contribution < -0.4 is 5.32 Å². The van der Waals surface area contributed by atoms with Gasteiger partial charge in [0.2, 0.25) is 5.91 Å². The molecule has 0 spiro atoms. The Morgan fingerprint density at radius 2 is 1.64 bits per heavy atom. The molecule has 1 unspecified atom stereocenters. The molecule has 33 heavy (non-hydrogen) atoms. The van der Waals surface area contributed by atoms with Gasteiger partial charge in [0.05, 0.1) is 5.41 Å². The molecule has 2 aliphatic carbocycles. The molecule has 3 nitrogen and oxygen atoms in total. The van der Waals surface area contributed by atoms with Crippen LogP contribution in [0.5, 0.6) is 0 Å². The molecule has 5 heteroatoms. The molecule has 2 aromatic rings. The largest absolute Gasteiger partial charge is 0.355 e. The Balaban J connectivity index is 1.34. The molecule has 2 fully saturated rings. The van der Waals surface area contributed by atoms with Crippen LogP contribution in [0.15, 0.2) is 48.5 Å². The number of amides is 1. The molecule has 4 rings (SSSR count). The van der Waals surface area contributed by atoms with Gasteiger partial charge in [-0.25, -0.2) is 4.39 Å². The van der Waals surface area contributed by atoms with E-state index in [1.165, 1.54) is 5.56 Å². The molecular weight excluding hydrogens is 435 g/mol. The number of nitrogens with zero attached hydrogens (tertiary/aromatic N) is 1. The topological polar surface area (TPSA) is 32.3 Å². The maximum atomic E-state index is 13.4. The summed E-state index contributed by atoms with van der Waals surface area (Å²) in [7, 11) is 4.22. The molecule has 178 valence electrons. The van der Waals surface area contributed by atoms with E-state index in [0.717, 1.165) is 63.5 Å². The lowest BCUT2D eigenvalue weighted by Crippen LogP contribution is -2.44. The lowest BCUT2D eigenvalue weighted by Gasteiger charge is -2.38. The minimum absolute atomic E-state index is 0.182. The number of benzene rings is 2. The summed E-state index contributed by atoms with van der Waals surface area (Å²) in [5.74, 6) is 1.06. The summed E-state index contributed by atoms with van der Waals surface area (Å²) in [6.45, 7) is 0.754. The zero-order chi connectivity index (χ0) is 23.4. The fourth-order valence-corrected chi connectivity index (χ4v) is 6.29. The van der Waals surface area contributed by atoms with Gasteiger partial charge in [0.1, 0.15) is 5.82 Å². The zero-order valence-electron chi connectivity index (χ0n) is 19.8. The van der Waals surface area contributed by atoms with Crippen LogP contribution >= 0.6 is 11.6 Å². The van der Waals surface area contributed by atoms with Gasteiger partial charge in [-0.3, -0.25) is 4.79 Å². The fourth-order valence-electron chi connectivity index (χ4n) is 6.16. The van der Waals surface area contributed by atoms with Crippen LogP contribution in [-0.2, 0) is 10.2 Å². The highest BCUT2D eigenvalue weighted by molar-refractivity contribution is 6.30. The standard InChI is InChI=1S/C28H36ClFN2O/c1-32(2)26(22-9-15-25(30)16-10-22)21-7-5-20(6-8-21)19-31-27(33)28(17-3-4-18-28)23-11-13-24(29)14-12-23/h9-16,20-21,26H,3-8,17-19H2,1-2H3,(H,31,33). The molecule has 0 heterocycles. The highest BCUT2D eigenvalue weighted by Crippen LogP contribution is 2.42. The van der Waals surface area contributed by atoms with E-state index >= 15 is 0 Å². The van der Waals surface area contributed by atoms with Crippen molar-refractivity contribution in [3.05, 3.63) is 70.5 Å². The zero-order valence-corrected chi connectivity index (χ0v) is 20.6. The van der Waals surface area contributed by atoms with Gasteiger partial charge in [-0.2, -0.15) is 0 Å². The van der Waals surface area contributed by atoms with Crippen LogP contribution in [-0.4, -0.2) is 31.4 Å². The van der Waals surface area contributed by atoms with Crippen LogP contribution in [0.3, 0.4) is 0 Å². The first kappa shape index (κ1) is 24.2. The minimum atomic E-state index is -0.402. The Bertz CT molecular complexity index is 914. The molecule has 2 saturated carbocycles. The number of carbonyl (C=O) groups excluding carboxylic acids is 1. The average Bonchev–Trinajstić information content (AvgIpc) is 3.31. The molecule has 0 saturated heterocycles. The lowest BCUT2D eigenvalue weighted by atomic mass is 9.75. The first-order valence-corrected chi connectivity index (χ1v) is 12.7. The molecule has 2 aromatic carbocycles. The van der Waals surface area contributed by atoms with E-state index in [2.05, 4.69) is 24.3 Å². The molecule has 0 aromatic heterocycles. The normalized spacial score (nSPS) is 23.4. The SMILES string of the molecule is CN(C)C(c1ccc(F)cc1)C1CCC(CNC(=O)C2(c3ccc(Cl)cc3)CCCC2)CC1. The molecule has 1 atom stereocenters. The van der Waals surface area contributed by atoms with Gasteiger partial charge in [0.15, 0.2) is 0 Å². The summed E-state index contributed by atoms with van der Waals surface area (Å²) in [5, 5.41) is 4.04. The van der Waals surface area contributed by atoms with E-state index in [9.17, 15) is 9.18 Å². The smallest absolute Gasteiger partial charge is 0.230 e. The summed E-state index contributed by atoms with van der Waals surface area (Å²) >= 11 is 6.09. The van der Waals surface area contributed by atoms with Gasteiger partial charge in [-0.1, -0.05) is 48.7 Å².